The molecule has 0 radical (unpaired) electrons. The Labute approximate surface area is 166 Å². The average Bonchev–Trinajstić information content (AvgIpc) is 3.16. The Hall–Kier alpha value is -2.11. The molecule has 3 amide bonds. The number of hydrogen-bond donors (Lipinski definition) is 3. The van der Waals surface area contributed by atoms with Crippen molar-refractivity contribution in [1.82, 2.24) is 16.0 Å². The van der Waals surface area contributed by atoms with Crippen LogP contribution in [0.3, 0.4) is 0 Å². The van der Waals surface area contributed by atoms with Gasteiger partial charge in [0.15, 0.2) is 0 Å². The van der Waals surface area contributed by atoms with Gasteiger partial charge in [-0.3, -0.25) is 4.79 Å². The quantitative estimate of drug-likeness (QED) is 0.614. The van der Waals surface area contributed by atoms with Crippen LogP contribution >= 0.6 is 0 Å². The van der Waals surface area contributed by atoms with E-state index in [0.29, 0.717) is 19.4 Å². The topological polar surface area (TPSA) is 70.2 Å². The molecule has 0 saturated heterocycles. The zero-order chi connectivity index (χ0) is 19.8. The fourth-order valence-electron chi connectivity index (χ4n) is 4.50. The zero-order valence-electron chi connectivity index (χ0n) is 16.6. The Morgan fingerprint density at radius 1 is 1.00 bits per heavy atom. The van der Waals surface area contributed by atoms with Crippen LogP contribution in [0.15, 0.2) is 24.3 Å². The monoisotopic (exact) mass is 389 g/mol. The van der Waals surface area contributed by atoms with Crippen molar-refractivity contribution >= 4 is 11.9 Å². The molecule has 0 unspecified atom stereocenters. The Kier molecular flexibility index (Phi) is 7.29. The second-order valence-electron chi connectivity index (χ2n) is 8.18. The van der Waals surface area contributed by atoms with Gasteiger partial charge < -0.3 is 16.0 Å². The van der Waals surface area contributed by atoms with Crippen molar-refractivity contribution in [3.63, 3.8) is 0 Å². The first-order chi connectivity index (χ1) is 13.6. The van der Waals surface area contributed by atoms with Gasteiger partial charge in [0.2, 0.25) is 5.91 Å². The lowest BCUT2D eigenvalue weighted by atomic mass is 9.88. The molecular weight excluding hydrogens is 357 g/mol. The molecule has 2 fully saturated rings. The Bertz CT molecular complexity index is 650. The van der Waals surface area contributed by atoms with E-state index in [1.807, 2.05) is 0 Å². The molecule has 2 aliphatic rings. The molecule has 0 bridgehead atoms. The van der Waals surface area contributed by atoms with Crippen LogP contribution in [-0.2, 0) is 10.3 Å². The summed E-state index contributed by atoms with van der Waals surface area (Å²) in [6.07, 6.45) is 10.6. The molecule has 0 aromatic heterocycles. The van der Waals surface area contributed by atoms with Crippen LogP contribution in [0.1, 0.15) is 76.2 Å². The summed E-state index contributed by atoms with van der Waals surface area (Å²) in [6.45, 7) is 0.482. The number of amides is 3. The largest absolute Gasteiger partial charge is 0.347 e. The van der Waals surface area contributed by atoms with E-state index in [1.54, 1.807) is 12.1 Å². The second kappa shape index (κ2) is 9.89. The third-order valence-corrected chi connectivity index (χ3v) is 6.04. The molecule has 154 valence electrons. The lowest BCUT2D eigenvalue weighted by Gasteiger charge is -2.31. The van der Waals surface area contributed by atoms with Gasteiger partial charge in [0.25, 0.3) is 0 Å². The van der Waals surface area contributed by atoms with E-state index in [4.69, 9.17) is 0 Å². The van der Waals surface area contributed by atoms with Crippen LogP contribution in [0.5, 0.6) is 0 Å². The maximum atomic E-state index is 13.3. The van der Waals surface area contributed by atoms with Gasteiger partial charge in [-0.25, -0.2) is 9.18 Å². The molecule has 1 aromatic carbocycles. The molecule has 2 aliphatic carbocycles. The van der Waals surface area contributed by atoms with Crippen molar-refractivity contribution in [3.05, 3.63) is 35.6 Å². The molecule has 5 nitrogen and oxygen atoms in total. The smallest absolute Gasteiger partial charge is 0.315 e. The minimum Gasteiger partial charge on any atom is -0.347 e. The summed E-state index contributed by atoms with van der Waals surface area (Å²) in [5.41, 5.74) is 0.598. The highest BCUT2D eigenvalue weighted by molar-refractivity contribution is 5.77. The van der Waals surface area contributed by atoms with E-state index >= 15 is 0 Å². The van der Waals surface area contributed by atoms with Gasteiger partial charge in [0, 0.05) is 19.0 Å². The van der Waals surface area contributed by atoms with Crippen molar-refractivity contribution in [3.8, 4) is 0 Å². The molecule has 0 heterocycles. The number of hydrogen-bond acceptors (Lipinski definition) is 2. The van der Waals surface area contributed by atoms with Crippen LogP contribution in [0, 0.1) is 5.82 Å². The van der Waals surface area contributed by atoms with Crippen LogP contribution in [0.2, 0.25) is 0 Å². The van der Waals surface area contributed by atoms with E-state index in [2.05, 4.69) is 16.0 Å². The molecule has 0 spiro atoms. The summed E-state index contributed by atoms with van der Waals surface area (Å²) in [4.78, 5) is 24.4. The van der Waals surface area contributed by atoms with Crippen molar-refractivity contribution < 1.29 is 14.0 Å². The Balaban J connectivity index is 1.40. The van der Waals surface area contributed by atoms with Gasteiger partial charge in [0.05, 0.1) is 5.54 Å². The molecule has 3 N–H and O–H groups in total. The second-order valence-corrected chi connectivity index (χ2v) is 8.18. The molecule has 0 aliphatic heterocycles. The van der Waals surface area contributed by atoms with Gasteiger partial charge in [-0.15, -0.1) is 0 Å². The van der Waals surface area contributed by atoms with E-state index in [0.717, 1.165) is 44.1 Å². The van der Waals surface area contributed by atoms with Crippen LogP contribution in [-0.4, -0.2) is 24.5 Å². The van der Waals surface area contributed by atoms with Crippen molar-refractivity contribution in [2.24, 2.45) is 0 Å². The lowest BCUT2D eigenvalue weighted by Crippen LogP contribution is -2.44. The van der Waals surface area contributed by atoms with Gasteiger partial charge in [0.1, 0.15) is 5.82 Å². The third kappa shape index (κ3) is 5.69. The van der Waals surface area contributed by atoms with Crippen molar-refractivity contribution in [1.29, 1.82) is 0 Å². The summed E-state index contributed by atoms with van der Waals surface area (Å²) >= 11 is 0. The maximum Gasteiger partial charge on any atom is 0.315 e. The lowest BCUT2D eigenvalue weighted by molar-refractivity contribution is -0.123. The van der Waals surface area contributed by atoms with Crippen molar-refractivity contribution in [2.75, 3.05) is 6.54 Å². The number of halogens is 1. The standard InChI is InChI=1S/C22H32FN3O2/c23-18-12-10-17(11-13-18)22(14-4-5-15-22)26-20(27)9-6-16-24-21(28)25-19-7-2-1-3-8-19/h10-13,19H,1-9,14-16H2,(H,26,27)(H2,24,25,28). The SMILES string of the molecule is O=C(CCCNC(=O)NC1CCCCC1)NC1(c2ccc(F)cc2)CCCC1. The summed E-state index contributed by atoms with van der Waals surface area (Å²) in [5, 5.41) is 9.06. The number of carbonyl (C=O) groups excluding carboxylic acids is 2. The fraction of sp³-hybridized carbons (Fsp3) is 0.636. The van der Waals surface area contributed by atoms with Crippen LogP contribution < -0.4 is 16.0 Å². The molecule has 0 atom stereocenters. The van der Waals surface area contributed by atoms with Crippen LogP contribution in [0.25, 0.3) is 0 Å². The highest BCUT2D eigenvalue weighted by Crippen LogP contribution is 2.38. The predicted molar refractivity (Wildman–Crippen MR) is 107 cm³/mol. The number of nitrogens with one attached hydrogen (secondary N) is 3. The predicted octanol–water partition coefficient (Wildman–Crippen LogP) is 4.12. The number of rotatable bonds is 7. The van der Waals surface area contributed by atoms with Crippen LogP contribution in [0.4, 0.5) is 9.18 Å². The minimum atomic E-state index is -0.378. The molecular formula is C22H32FN3O2. The first-order valence-electron chi connectivity index (χ1n) is 10.7. The Morgan fingerprint density at radius 2 is 1.68 bits per heavy atom. The van der Waals surface area contributed by atoms with E-state index in [-0.39, 0.29) is 29.3 Å². The van der Waals surface area contributed by atoms with Gasteiger partial charge >= 0.3 is 6.03 Å². The Morgan fingerprint density at radius 3 is 2.36 bits per heavy atom. The molecule has 3 rings (SSSR count). The third-order valence-electron chi connectivity index (χ3n) is 6.04. The zero-order valence-corrected chi connectivity index (χ0v) is 16.6. The number of benzene rings is 1. The van der Waals surface area contributed by atoms with Gasteiger partial charge in [-0.2, -0.15) is 0 Å². The molecule has 28 heavy (non-hydrogen) atoms. The average molecular weight is 390 g/mol. The number of carbonyl (C=O) groups is 2. The van der Waals surface area contributed by atoms with E-state index in [1.165, 1.54) is 31.4 Å². The molecule has 2 saturated carbocycles. The van der Waals surface area contributed by atoms with E-state index in [9.17, 15) is 14.0 Å². The van der Waals surface area contributed by atoms with E-state index < -0.39 is 0 Å². The van der Waals surface area contributed by atoms with Gasteiger partial charge in [-0.1, -0.05) is 44.2 Å². The highest BCUT2D eigenvalue weighted by atomic mass is 19.1. The summed E-state index contributed by atoms with van der Waals surface area (Å²) in [7, 11) is 0. The molecule has 6 heteroatoms. The fourth-order valence-corrected chi connectivity index (χ4v) is 4.50. The van der Waals surface area contributed by atoms with Crippen molar-refractivity contribution in [2.45, 2.75) is 82.2 Å². The molecule has 1 aromatic rings. The highest BCUT2D eigenvalue weighted by Gasteiger charge is 2.36. The number of urea groups is 1. The first kappa shape index (κ1) is 20.6. The maximum absolute atomic E-state index is 13.3. The normalized spacial score (nSPS) is 19.2. The summed E-state index contributed by atoms with van der Waals surface area (Å²) in [5.74, 6) is -0.276. The minimum absolute atomic E-state index is 0.0132. The summed E-state index contributed by atoms with van der Waals surface area (Å²) < 4.78 is 13.3. The first-order valence-corrected chi connectivity index (χ1v) is 10.7. The van der Waals surface area contributed by atoms with Gasteiger partial charge in [-0.05, 0) is 49.8 Å². The summed E-state index contributed by atoms with van der Waals surface area (Å²) in [6, 6.07) is 6.61.